The number of benzene rings is 1. The molecule has 5 aliphatic heterocycles. The van der Waals surface area contributed by atoms with Crippen LogP contribution in [0.3, 0.4) is 0 Å². The minimum atomic E-state index is -0.992. The number of carbonyl (C=O) groups is 5. The first kappa shape index (κ1) is 46.6. The molecule has 5 amide bonds. The Hall–Kier alpha value is -6.76. The summed E-state index contributed by atoms with van der Waals surface area (Å²) in [5, 5.41) is 17.0. The van der Waals surface area contributed by atoms with Gasteiger partial charge in [-0.25, -0.2) is 15.0 Å². The smallest absolute Gasteiger partial charge is 0.269 e. The summed E-state index contributed by atoms with van der Waals surface area (Å²) < 4.78 is 5.69. The molecule has 0 radical (unpaired) electrons. The predicted molar refractivity (Wildman–Crippen MR) is 270 cm³/mol. The van der Waals surface area contributed by atoms with E-state index >= 15 is 0 Å². The Balaban J connectivity index is 0.732. The zero-order chi connectivity index (χ0) is 49.2. The van der Waals surface area contributed by atoms with Crippen LogP contribution < -0.4 is 30.1 Å². The van der Waals surface area contributed by atoms with Crippen molar-refractivity contribution in [3.05, 3.63) is 98.6 Å². The number of imide groups is 2. The first-order valence-electron chi connectivity index (χ1n) is 24.9. The molecule has 5 atom stereocenters. The average molecular weight is 979 g/mol. The molecule has 4 aromatic heterocycles. The minimum absolute atomic E-state index is 0.0519. The lowest BCUT2D eigenvalue weighted by Gasteiger charge is -2.48. The van der Waals surface area contributed by atoms with Gasteiger partial charge >= 0.3 is 0 Å². The van der Waals surface area contributed by atoms with E-state index in [0.29, 0.717) is 46.9 Å². The monoisotopic (exact) mass is 978 g/mol. The van der Waals surface area contributed by atoms with Gasteiger partial charge in [0.25, 0.3) is 17.7 Å². The number of anilines is 5. The van der Waals surface area contributed by atoms with Crippen LogP contribution in [-0.2, 0) is 28.9 Å². The van der Waals surface area contributed by atoms with Crippen LogP contribution >= 0.6 is 11.3 Å². The van der Waals surface area contributed by atoms with Crippen molar-refractivity contribution >= 4 is 69.6 Å². The Morgan fingerprint density at radius 3 is 2.35 bits per heavy atom. The molecule has 3 N–H and O–H groups in total. The summed E-state index contributed by atoms with van der Waals surface area (Å²) in [6, 6.07) is 13.0. The third kappa shape index (κ3) is 8.38. The fourth-order valence-corrected chi connectivity index (χ4v) is 13.3. The molecule has 1 aliphatic carbocycles. The van der Waals surface area contributed by atoms with Crippen LogP contribution in [0.15, 0.2) is 61.1 Å². The van der Waals surface area contributed by atoms with E-state index in [4.69, 9.17) is 14.7 Å². The second-order valence-electron chi connectivity index (χ2n) is 19.7. The Labute approximate surface area is 416 Å². The molecule has 1 aromatic carbocycles. The Morgan fingerprint density at radius 1 is 0.789 bits per heavy atom. The second kappa shape index (κ2) is 18.8. The van der Waals surface area contributed by atoms with Crippen molar-refractivity contribution in [1.29, 1.82) is 0 Å². The van der Waals surface area contributed by atoms with Crippen LogP contribution in [0.1, 0.15) is 117 Å². The van der Waals surface area contributed by atoms with Crippen molar-refractivity contribution in [2.24, 2.45) is 0 Å². The van der Waals surface area contributed by atoms with Gasteiger partial charge < -0.3 is 25.0 Å². The average Bonchev–Trinajstić information content (AvgIpc) is 3.87. The molecule has 9 heterocycles. The molecule has 5 aromatic rings. The number of hydrogen-bond acceptors (Lipinski definition) is 15. The maximum Gasteiger partial charge on any atom is 0.269 e. The normalized spacial score (nSPS) is 23.1. The van der Waals surface area contributed by atoms with Gasteiger partial charge in [-0.3, -0.25) is 44.0 Å². The summed E-state index contributed by atoms with van der Waals surface area (Å²) in [5.41, 5.74) is 7.68. The van der Waals surface area contributed by atoms with Gasteiger partial charge in [0.05, 0.1) is 41.1 Å². The summed E-state index contributed by atoms with van der Waals surface area (Å²) in [6.07, 6.45) is 11.6. The number of nitrogens with one attached hydrogen (secondary N) is 2. The highest BCUT2D eigenvalue weighted by Crippen LogP contribution is 2.42. The van der Waals surface area contributed by atoms with E-state index in [2.05, 4.69) is 50.2 Å². The third-order valence-electron chi connectivity index (χ3n) is 15.4. The molecule has 0 bridgehead atoms. The van der Waals surface area contributed by atoms with E-state index in [1.165, 1.54) is 16.0 Å². The number of fused-ring (bicyclic) bond motifs is 4. The van der Waals surface area contributed by atoms with Gasteiger partial charge in [-0.2, -0.15) is 0 Å². The molecule has 71 heavy (non-hydrogen) atoms. The fourth-order valence-electron chi connectivity index (χ4n) is 11.9. The number of rotatable bonds is 10. The number of methoxy groups -OCH3 is 1. The lowest BCUT2D eigenvalue weighted by molar-refractivity contribution is -0.136. The number of piperazine rings is 1. The third-order valence-corrected chi connectivity index (χ3v) is 16.7. The highest BCUT2D eigenvalue weighted by atomic mass is 32.1. The van der Waals surface area contributed by atoms with Gasteiger partial charge in [0.15, 0.2) is 0 Å². The lowest BCUT2D eigenvalue weighted by atomic mass is 9.91. The molecule has 368 valence electrons. The number of piperidine rings is 2. The number of hydrogen-bond donors (Lipinski definition) is 3. The van der Waals surface area contributed by atoms with Gasteiger partial charge in [-0.1, -0.05) is 0 Å². The second-order valence-corrected chi connectivity index (χ2v) is 20.8. The highest BCUT2D eigenvalue weighted by molar-refractivity contribution is 7.14. The molecule has 6 aliphatic rings. The number of nitrogens with zero attached hydrogens (tertiary/aromatic N) is 8. The van der Waals surface area contributed by atoms with Crippen LogP contribution in [0.4, 0.5) is 28.7 Å². The summed E-state index contributed by atoms with van der Waals surface area (Å²) >= 11 is 1.63. The number of aryl methyl sites for hydroxylation is 1. The van der Waals surface area contributed by atoms with Crippen molar-refractivity contribution in [3.63, 3.8) is 0 Å². The van der Waals surface area contributed by atoms with E-state index in [1.54, 1.807) is 54.8 Å². The molecular formula is C53H58N10O7S. The Kier molecular flexibility index (Phi) is 12.3. The maximum atomic E-state index is 14.1. The van der Waals surface area contributed by atoms with Gasteiger partial charge in [-0.15, -0.1) is 11.3 Å². The number of aromatic nitrogens is 3. The standard InChI is InChI=1S/C53H58N10O7S/c1-29-23-33(16-19-60(29)34-9-11-39-40(25-34)52(68)63(51(39)67)42-12-14-45(65)58-49(42)66)59-21-22-61(30(2)28-59)35-10-13-44(55-27-35)57-41-24-32(26-56-50(41)70-4)36-15-18-54-48(46(36)31(3)64)62-20-17-38-37-7-5-6-8-43(37)71-47(38)53(62)69/h9-11,13,15,18,24-27,29-31,33,42,64H,5-8,12,14,16-17,19-23,28H2,1-4H3,(H,55,57)(H,58,65,66)/t29-,30-,31-,33?,42-/m0/s1. The number of amides is 5. The van der Waals surface area contributed by atoms with Crippen LogP contribution in [0.25, 0.3) is 11.1 Å². The Bertz CT molecular complexity index is 2980. The van der Waals surface area contributed by atoms with Crippen LogP contribution in [0.5, 0.6) is 5.88 Å². The van der Waals surface area contributed by atoms with Crippen LogP contribution in [0.2, 0.25) is 0 Å². The predicted octanol–water partition coefficient (Wildman–Crippen LogP) is 6.46. The zero-order valence-electron chi connectivity index (χ0n) is 40.4. The SMILES string of the molecule is COc1ncc(-c2ccnc(N3CCc4c(sc5c4CCCC5)C3=O)c2[C@H](C)O)cc1Nc1ccc(N2CCN(C3CCN(c4ccc5c(c4)C(=O)N([C@H]4CCC(=O)NC4=O)C5=O)[C@@H](C)C3)C[C@@H]2C)cn1. The van der Waals surface area contributed by atoms with E-state index in [0.717, 1.165) is 103 Å². The molecule has 1 unspecified atom stereocenters. The Morgan fingerprint density at radius 2 is 1.59 bits per heavy atom. The minimum Gasteiger partial charge on any atom is -0.480 e. The highest BCUT2D eigenvalue weighted by Gasteiger charge is 2.45. The zero-order valence-corrected chi connectivity index (χ0v) is 41.3. The molecule has 0 spiro atoms. The number of aliphatic hydroxyl groups is 1. The molecule has 3 saturated heterocycles. The van der Waals surface area contributed by atoms with Gasteiger partial charge in [0.1, 0.15) is 23.4 Å². The molecular weight excluding hydrogens is 921 g/mol. The van der Waals surface area contributed by atoms with E-state index in [1.807, 2.05) is 30.5 Å². The van der Waals surface area contributed by atoms with Crippen molar-refractivity contribution in [1.82, 2.24) is 30.1 Å². The molecule has 11 rings (SSSR count). The van der Waals surface area contributed by atoms with Crippen LogP contribution in [-0.4, -0.2) is 123 Å². The van der Waals surface area contributed by atoms with E-state index in [9.17, 15) is 29.1 Å². The van der Waals surface area contributed by atoms with Gasteiger partial charge in [0, 0.05) is 91.4 Å². The maximum absolute atomic E-state index is 14.1. The summed E-state index contributed by atoms with van der Waals surface area (Å²) in [7, 11) is 1.57. The fraction of sp³-hybridized carbons (Fsp3) is 0.434. The van der Waals surface area contributed by atoms with Crippen molar-refractivity contribution in [3.8, 4) is 17.0 Å². The largest absolute Gasteiger partial charge is 0.480 e. The van der Waals surface area contributed by atoms with Gasteiger partial charge in [0.2, 0.25) is 17.7 Å². The number of thiophene rings is 1. The van der Waals surface area contributed by atoms with Crippen molar-refractivity contribution < 1.29 is 33.8 Å². The number of carbonyl (C=O) groups excluding carboxylic acids is 5. The lowest BCUT2D eigenvalue weighted by Crippen LogP contribution is -2.58. The number of pyridine rings is 3. The van der Waals surface area contributed by atoms with Crippen molar-refractivity contribution in [2.45, 2.75) is 109 Å². The van der Waals surface area contributed by atoms with Gasteiger partial charge in [-0.05, 0) is 131 Å². The first-order chi connectivity index (χ1) is 34.4. The van der Waals surface area contributed by atoms with Crippen molar-refractivity contribution in [2.75, 3.05) is 59.9 Å². The molecule has 17 nitrogen and oxygen atoms in total. The van der Waals surface area contributed by atoms with E-state index in [-0.39, 0.29) is 36.4 Å². The van der Waals surface area contributed by atoms with E-state index < -0.39 is 35.8 Å². The summed E-state index contributed by atoms with van der Waals surface area (Å²) in [4.78, 5) is 91.6. The summed E-state index contributed by atoms with van der Waals surface area (Å²) in [6.45, 7) is 10.1. The molecule has 3 fully saturated rings. The first-order valence-corrected chi connectivity index (χ1v) is 25.7. The molecule has 0 saturated carbocycles. The summed E-state index contributed by atoms with van der Waals surface area (Å²) in [5.74, 6) is -0.593. The quantitative estimate of drug-likeness (QED) is 0.129. The van der Waals surface area contributed by atoms with Crippen LogP contribution in [0, 0.1) is 0 Å². The molecule has 18 heteroatoms. The number of ether oxygens (including phenoxy) is 1. The number of aliphatic hydroxyl groups excluding tert-OH is 1. The topological polar surface area (TPSA) is 194 Å².